The van der Waals surface area contributed by atoms with Crippen LogP contribution in [0.3, 0.4) is 0 Å². The van der Waals surface area contributed by atoms with Crippen LogP contribution in [-0.2, 0) is 0 Å². The second-order valence-electron chi connectivity index (χ2n) is 3.66. The SMILES string of the molecule is Cc1cc(-c2ccc(N)cc2F)cc(=O)[nH]1. The fraction of sp³-hybridized carbons (Fsp3) is 0.0833. The van der Waals surface area contributed by atoms with Crippen LogP contribution in [0.5, 0.6) is 0 Å². The van der Waals surface area contributed by atoms with Crippen molar-refractivity contribution in [1.29, 1.82) is 0 Å². The highest BCUT2D eigenvalue weighted by molar-refractivity contribution is 5.66. The van der Waals surface area contributed by atoms with Crippen LogP contribution in [0, 0.1) is 12.7 Å². The molecule has 16 heavy (non-hydrogen) atoms. The van der Waals surface area contributed by atoms with Crippen LogP contribution < -0.4 is 11.3 Å². The molecule has 0 aliphatic rings. The van der Waals surface area contributed by atoms with Crippen molar-refractivity contribution in [3.05, 3.63) is 52.2 Å². The highest BCUT2D eigenvalue weighted by Crippen LogP contribution is 2.23. The highest BCUT2D eigenvalue weighted by atomic mass is 19.1. The molecule has 0 unspecified atom stereocenters. The third kappa shape index (κ3) is 1.95. The normalized spacial score (nSPS) is 10.4. The van der Waals surface area contributed by atoms with Gasteiger partial charge in [0.2, 0.25) is 5.56 Å². The van der Waals surface area contributed by atoms with Crippen molar-refractivity contribution >= 4 is 5.69 Å². The van der Waals surface area contributed by atoms with Gasteiger partial charge in [-0.15, -0.1) is 0 Å². The number of nitrogens with one attached hydrogen (secondary N) is 1. The van der Waals surface area contributed by atoms with Crippen LogP contribution in [0.2, 0.25) is 0 Å². The van der Waals surface area contributed by atoms with Crippen molar-refractivity contribution < 1.29 is 4.39 Å². The molecule has 1 aromatic carbocycles. The number of halogens is 1. The second-order valence-corrected chi connectivity index (χ2v) is 3.66. The van der Waals surface area contributed by atoms with E-state index < -0.39 is 5.82 Å². The number of nitrogens with two attached hydrogens (primary N) is 1. The first-order valence-electron chi connectivity index (χ1n) is 4.82. The Hall–Kier alpha value is -2.10. The van der Waals surface area contributed by atoms with Gasteiger partial charge in [-0.3, -0.25) is 4.79 Å². The molecular weight excluding hydrogens is 207 g/mol. The van der Waals surface area contributed by atoms with Crippen LogP contribution >= 0.6 is 0 Å². The molecule has 0 saturated heterocycles. The monoisotopic (exact) mass is 218 g/mol. The van der Waals surface area contributed by atoms with E-state index in [0.29, 0.717) is 22.5 Å². The van der Waals surface area contributed by atoms with Crippen molar-refractivity contribution in [2.45, 2.75) is 6.92 Å². The average Bonchev–Trinajstić information content (AvgIpc) is 2.15. The largest absolute Gasteiger partial charge is 0.399 e. The smallest absolute Gasteiger partial charge is 0.248 e. The molecule has 4 heteroatoms. The van der Waals surface area contributed by atoms with E-state index in [2.05, 4.69) is 4.98 Å². The van der Waals surface area contributed by atoms with Gasteiger partial charge >= 0.3 is 0 Å². The zero-order chi connectivity index (χ0) is 11.7. The van der Waals surface area contributed by atoms with Crippen LogP contribution in [0.1, 0.15) is 5.69 Å². The first-order valence-corrected chi connectivity index (χ1v) is 4.82. The number of benzene rings is 1. The number of hydrogen-bond acceptors (Lipinski definition) is 2. The van der Waals surface area contributed by atoms with E-state index in [1.807, 2.05) is 0 Å². The number of aromatic amines is 1. The molecule has 0 saturated carbocycles. The molecular formula is C12H11FN2O. The lowest BCUT2D eigenvalue weighted by Crippen LogP contribution is -2.06. The summed E-state index contributed by atoms with van der Waals surface area (Å²) in [5.41, 5.74) is 7.20. The van der Waals surface area contributed by atoms with Gasteiger partial charge in [-0.2, -0.15) is 0 Å². The minimum Gasteiger partial charge on any atom is -0.399 e. The molecule has 0 amide bonds. The van der Waals surface area contributed by atoms with Crippen LogP contribution in [0.25, 0.3) is 11.1 Å². The van der Waals surface area contributed by atoms with E-state index >= 15 is 0 Å². The molecule has 0 aliphatic carbocycles. The number of H-pyrrole nitrogens is 1. The Morgan fingerprint density at radius 3 is 2.62 bits per heavy atom. The number of anilines is 1. The molecule has 0 fully saturated rings. The molecule has 3 N–H and O–H groups in total. The van der Waals surface area contributed by atoms with Gasteiger partial charge in [0.15, 0.2) is 0 Å². The molecule has 0 spiro atoms. The van der Waals surface area contributed by atoms with Crippen molar-refractivity contribution in [3.63, 3.8) is 0 Å². The summed E-state index contributed by atoms with van der Waals surface area (Å²) < 4.78 is 13.6. The Labute approximate surface area is 91.7 Å². The number of aryl methyl sites for hydroxylation is 1. The van der Waals surface area contributed by atoms with E-state index in [9.17, 15) is 9.18 Å². The van der Waals surface area contributed by atoms with E-state index in [1.165, 1.54) is 12.1 Å². The lowest BCUT2D eigenvalue weighted by Gasteiger charge is -2.04. The summed E-state index contributed by atoms with van der Waals surface area (Å²) >= 11 is 0. The standard InChI is InChI=1S/C12H11FN2O/c1-7-4-8(5-12(16)15-7)10-3-2-9(14)6-11(10)13/h2-6H,14H2,1H3,(H,15,16). The molecule has 2 aromatic rings. The first kappa shape index (κ1) is 10.4. The summed E-state index contributed by atoms with van der Waals surface area (Å²) in [5, 5.41) is 0. The molecule has 3 nitrogen and oxygen atoms in total. The van der Waals surface area contributed by atoms with E-state index in [0.717, 1.165) is 0 Å². The number of rotatable bonds is 1. The Kier molecular flexibility index (Phi) is 2.48. The maximum atomic E-state index is 13.6. The summed E-state index contributed by atoms with van der Waals surface area (Å²) in [6.07, 6.45) is 0. The fourth-order valence-electron chi connectivity index (χ4n) is 1.60. The molecule has 1 heterocycles. The third-order valence-electron chi connectivity index (χ3n) is 2.28. The summed E-state index contributed by atoms with van der Waals surface area (Å²) in [5.74, 6) is -0.426. The van der Waals surface area contributed by atoms with Gasteiger partial charge in [-0.1, -0.05) is 0 Å². The summed E-state index contributed by atoms with van der Waals surface area (Å²) in [7, 11) is 0. The molecule has 82 valence electrons. The van der Waals surface area contributed by atoms with Crippen molar-refractivity contribution in [2.75, 3.05) is 5.73 Å². The average molecular weight is 218 g/mol. The van der Waals surface area contributed by atoms with Gasteiger partial charge < -0.3 is 10.7 Å². The van der Waals surface area contributed by atoms with Gasteiger partial charge in [0, 0.05) is 23.0 Å². The number of nitrogen functional groups attached to an aromatic ring is 1. The zero-order valence-electron chi connectivity index (χ0n) is 8.75. The number of hydrogen-bond donors (Lipinski definition) is 2. The van der Waals surface area contributed by atoms with Crippen LogP contribution in [-0.4, -0.2) is 4.98 Å². The van der Waals surface area contributed by atoms with Crippen LogP contribution in [0.15, 0.2) is 35.1 Å². The van der Waals surface area contributed by atoms with Gasteiger partial charge in [0.1, 0.15) is 5.82 Å². The summed E-state index contributed by atoms with van der Waals surface area (Å²) in [6.45, 7) is 1.75. The topological polar surface area (TPSA) is 58.9 Å². The van der Waals surface area contributed by atoms with E-state index in [-0.39, 0.29) is 5.56 Å². The molecule has 0 atom stereocenters. The Balaban J connectivity index is 2.63. The maximum Gasteiger partial charge on any atom is 0.248 e. The van der Waals surface area contributed by atoms with Gasteiger partial charge in [-0.05, 0) is 36.8 Å². The van der Waals surface area contributed by atoms with Crippen LogP contribution in [0.4, 0.5) is 10.1 Å². The zero-order valence-corrected chi connectivity index (χ0v) is 8.75. The maximum absolute atomic E-state index is 13.6. The van der Waals surface area contributed by atoms with Crippen molar-refractivity contribution in [3.8, 4) is 11.1 Å². The Bertz CT molecular complexity index is 590. The molecule has 0 bridgehead atoms. The number of pyridine rings is 1. The first-order chi connectivity index (χ1) is 7.56. The Morgan fingerprint density at radius 2 is 2.00 bits per heavy atom. The highest BCUT2D eigenvalue weighted by Gasteiger charge is 2.06. The second kappa shape index (κ2) is 3.81. The molecule has 2 rings (SSSR count). The van der Waals surface area contributed by atoms with Gasteiger partial charge in [0.25, 0.3) is 0 Å². The predicted molar refractivity (Wildman–Crippen MR) is 61.6 cm³/mol. The Morgan fingerprint density at radius 1 is 1.25 bits per heavy atom. The minimum atomic E-state index is -0.426. The van der Waals surface area contributed by atoms with Gasteiger partial charge in [-0.25, -0.2) is 4.39 Å². The molecule has 0 aliphatic heterocycles. The summed E-state index contributed by atoms with van der Waals surface area (Å²) in [4.78, 5) is 13.9. The third-order valence-corrected chi connectivity index (χ3v) is 2.28. The minimum absolute atomic E-state index is 0.244. The van der Waals surface area contributed by atoms with E-state index in [4.69, 9.17) is 5.73 Å². The van der Waals surface area contributed by atoms with Crippen molar-refractivity contribution in [1.82, 2.24) is 4.98 Å². The van der Waals surface area contributed by atoms with Gasteiger partial charge in [0.05, 0.1) is 0 Å². The van der Waals surface area contributed by atoms with Crippen molar-refractivity contribution in [2.24, 2.45) is 0 Å². The lowest BCUT2D eigenvalue weighted by molar-refractivity contribution is 0.632. The summed E-state index contributed by atoms with van der Waals surface area (Å²) in [6, 6.07) is 7.50. The molecule has 0 radical (unpaired) electrons. The molecule has 1 aromatic heterocycles. The predicted octanol–water partition coefficient (Wildman–Crippen LogP) is 2.07. The fourth-order valence-corrected chi connectivity index (χ4v) is 1.60. The quantitative estimate of drug-likeness (QED) is 0.720. The van der Waals surface area contributed by atoms with E-state index in [1.54, 1.807) is 25.1 Å². The number of aromatic nitrogens is 1. The lowest BCUT2D eigenvalue weighted by atomic mass is 10.1.